The van der Waals surface area contributed by atoms with Crippen LogP contribution in [0.25, 0.3) is 0 Å². The summed E-state index contributed by atoms with van der Waals surface area (Å²) in [6.07, 6.45) is 16.1. The van der Waals surface area contributed by atoms with E-state index in [2.05, 4.69) is 40.7 Å². The topological polar surface area (TPSA) is 34.1 Å². The lowest BCUT2D eigenvalue weighted by atomic mass is 9.45. The summed E-state index contributed by atoms with van der Waals surface area (Å²) in [5.74, 6) is 5.57. The van der Waals surface area contributed by atoms with Crippen LogP contribution in [-0.2, 0) is 9.84 Å². The fraction of sp³-hybridized carbons (Fsp3) is 0.758. The Morgan fingerprint density at radius 3 is 2.33 bits per heavy atom. The molecule has 2 nitrogen and oxygen atoms in total. The van der Waals surface area contributed by atoms with Gasteiger partial charge in [-0.2, -0.15) is 0 Å². The van der Waals surface area contributed by atoms with Crippen LogP contribution < -0.4 is 0 Å². The molecule has 3 saturated carbocycles. The van der Waals surface area contributed by atoms with Gasteiger partial charge in [-0.05, 0) is 116 Å². The molecule has 1 aromatic rings. The molecule has 3 fully saturated rings. The summed E-state index contributed by atoms with van der Waals surface area (Å²) in [6.45, 7) is 12.5. The molecule has 1 aromatic carbocycles. The van der Waals surface area contributed by atoms with Crippen molar-refractivity contribution in [2.75, 3.05) is 0 Å². The first-order valence-electron chi connectivity index (χ1n) is 15.1. The van der Waals surface area contributed by atoms with Crippen molar-refractivity contribution in [3.63, 3.8) is 0 Å². The van der Waals surface area contributed by atoms with E-state index < -0.39 is 9.84 Å². The lowest BCUT2D eigenvalue weighted by molar-refractivity contribution is -0.101. The number of hydrogen-bond donors (Lipinski definition) is 0. The molecule has 0 amide bonds. The van der Waals surface area contributed by atoms with Crippen LogP contribution in [0.4, 0.5) is 0 Å². The summed E-state index contributed by atoms with van der Waals surface area (Å²) < 4.78 is 26.8. The van der Waals surface area contributed by atoms with Gasteiger partial charge >= 0.3 is 0 Å². The van der Waals surface area contributed by atoms with E-state index in [0.29, 0.717) is 21.1 Å². The molecule has 5 rings (SSSR count). The van der Waals surface area contributed by atoms with E-state index in [1.807, 2.05) is 18.2 Å². The largest absolute Gasteiger partial charge is 0.219 e. The van der Waals surface area contributed by atoms with E-state index in [-0.39, 0.29) is 5.41 Å². The lowest BCUT2D eigenvalue weighted by Gasteiger charge is -2.60. The molecule has 4 aliphatic carbocycles. The Balaban J connectivity index is 1.32. The van der Waals surface area contributed by atoms with Gasteiger partial charge in [0.25, 0.3) is 0 Å². The number of hydrogen-bond acceptors (Lipinski definition) is 2. The average molecular weight is 511 g/mol. The van der Waals surface area contributed by atoms with Crippen LogP contribution in [0.2, 0.25) is 0 Å². The Morgan fingerprint density at radius 1 is 0.889 bits per heavy atom. The molecule has 0 bridgehead atoms. The van der Waals surface area contributed by atoms with E-state index in [9.17, 15) is 8.42 Å². The zero-order chi connectivity index (χ0) is 25.7. The van der Waals surface area contributed by atoms with Crippen LogP contribution in [0, 0.1) is 52.3 Å². The van der Waals surface area contributed by atoms with Gasteiger partial charge in [0.05, 0.1) is 4.90 Å². The molecule has 8 atom stereocenters. The Bertz CT molecular complexity index is 1060. The van der Waals surface area contributed by atoms with Crippen LogP contribution in [0.15, 0.2) is 46.2 Å². The highest BCUT2D eigenvalue weighted by Crippen LogP contribution is 2.68. The van der Waals surface area contributed by atoms with Gasteiger partial charge in [0.2, 0.25) is 9.84 Å². The first-order valence-corrected chi connectivity index (χ1v) is 16.5. The summed E-state index contributed by atoms with van der Waals surface area (Å²) >= 11 is 0. The predicted molar refractivity (Wildman–Crippen MR) is 150 cm³/mol. The number of rotatable bonds is 7. The summed E-state index contributed by atoms with van der Waals surface area (Å²) in [6, 6.07) is 9.07. The van der Waals surface area contributed by atoms with Crippen LogP contribution >= 0.6 is 0 Å². The molecule has 0 N–H and O–H groups in total. The quantitative estimate of drug-likeness (QED) is 0.366. The van der Waals surface area contributed by atoms with Crippen molar-refractivity contribution in [1.29, 1.82) is 0 Å². The van der Waals surface area contributed by atoms with Crippen LogP contribution in [0.1, 0.15) is 105 Å². The number of allylic oxidation sites excluding steroid dienone is 2. The molecule has 4 aliphatic rings. The lowest BCUT2D eigenvalue weighted by Crippen LogP contribution is -2.53. The van der Waals surface area contributed by atoms with Crippen molar-refractivity contribution in [2.24, 2.45) is 52.3 Å². The van der Waals surface area contributed by atoms with Crippen molar-refractivity contribution < 1.29 is 8.42 Å². The third-order valence-electron chi connectivity index (χ3n) is 11.9. The van der Waals surface area contributed by atoms with Gasteiger partial charge in [0.15, 0.2) is 0 Å². The second kappa shape index (κ2) is 9.90. The molecule has 200 valence electrons. The van der Waals surface area contributed by atoms with Gasteiger partial charge in [-0.3, -0.25) is 0 Å². The molecule has 0 radical (unpaired) electrons. The smallest absolute Gasteiger partial charge is 0.202 e. The van der Waals surface area contributed by atoms with E-state index in [1.54, 1.807) is 12.1 Å². The summed E-state index contributed by atoms with van der Waals surface area (Å²) in [4.78, 5) is 1.15. The van der Waals surface area contributed by atoms with Crippen LogP contribution in [0.5, 0.6) is 0 Å². The Kier molecular flexibility index (Phi) is 7.29. The molecule has 36 heavy (non-hydrogen) atoms. The molecule has 0 unspecified atom stereocenters. The minimum absolute atomic E-state index is 0.265. The van der Waals surface area contributed by atoms with Crippen molar-refractivity contribution in [3.05, 3.63) is 41.3 Å². The average Bonchev–Trinajstić information content (AvgIpc) is 3.21. The summed E-state index contributed by atoms with van der Waals surface area (Å²) in [5.41, 5.74) is 0.787. The molecule has 0 saturated heterocycles. The molecule has 0 aromatic heterocycles. The minimum Gasteiger partial charge on any atom is -0.219 e. The van der Waals surface area contributed by atoms with Gasteiger partial charge in [0.1, 0.15) is 0 Å². The molecule has 0 spiro atoms. The summed E-state index contributed by atoms with van der Waals surface area (Å²) in [5, 5.41) is 0. The fourth-order valence-corrected chi connectivity index (χ4v) is 11.4. The Morgan fingerprint density at radius 2 is 1.61 bits per heavy atom. The van der Waals surface area contributed by atoms with Gasteiger partial charge in [0, 0.05) is 4.91 Å². The molecular weight excluding hydrogens is 460 g/mol. The van der Waals surface area contributed by atoms with Gasteiger partial charge in [-0.1, -0.05) is 78.2 Å². The SMILES string of the molecule is CC(C)CCC[C@@H](C)[C@H]1CC[C@H]2[C@@H]3CC[C@H]4CC(S(=O)(=O)c5ccccc5)=CC[C@]4(C)[C@H]3CC[C@]12C. The maximum atomic E-state index is 13.4. The van der Waals surface area contributed by atoms with Crippen molar-refractivity contribution >= 4 is 9.84 Å². The van der Waals surface area contributed by atoms with Gasteiger partial charge in [-0.15, -0.1) is 0 Å². The second-order valence-corrected chi connectivity index (χ2v) is 16.1. The number of fused-ring (bicyclic) bond motifs is 5. The second-order valence-electron chi connectivity index (χ2n) is 14.1. The van der Waals surface area contributed by atoms with Crippen molar-refractivity contribution in [3.8, 4) is 0 Å². The van der Waals surface area contributed by atoms with Crippen molar-refractivity contribution in [1.82, 2.24) is 0 Å². The highest BCUT2D eigenvalue weighted by atomic mass is 32.2. The van der Waals surface area contributed by atoms with Crippen LogP contribution in [0.3, 0.4) is 0 Å². The highest BCUT2D eigenvalue weighted by Gasteiger charge is 2.60. The zero-order valence-electron chi connectivity index (χ0n) is 23.5. The number of sulfone groups is 1. The van der Waals surface area contributed by atoms with E-state index in [1.165, 1.54) is 57.8 Å². The normalized spacial score (nSPS) is 39.2. The van der Waals surface area contributed by atoms with E-state index in [4.69, 9.17) is 0 Å². The number of benzene rings is 1. The third kappa shape index (κ3) is 4.44. The molecule has 0 aliphatic heterocycles. The monoisotopic (exact) mass is 510 g/mol. The molecule has 3 heteroatoms. The van der Waals surface area contributed by atoms with Gasteiger partial charge in [-0.25, -0.2) is 8.42 Å². The van der Waals surface area contributed by atoms with E-state index in [0.717, 1.165) is 48.3 Å². The first-order chi connectivity index (χ1) is 17.1. The third-order valence-corrected chi connectivity index (χ3v) is 13.8. The fourth-order valence-electron chi connectivity index (χ4n) is 9.84. The maximum Gasteiger partial charge on any atom is 0.202 e. The molecule has 0 heterocycles. The van der Waals surface area contributed by atoms with Gasteiger partial charge < -0.3 is 0 Å². The highest BCUT2D eigenvalue weighted by molar-refractivity contribution is 7.95. The summed E-state index contributed by atoms with van der Waals surface area (Å²) in [7, 11) is -3.36. The molecular formula is C33H50O2S. The standard InChI is InChI=1S/C33H50O2S/c1-23(2)10-9-11-24(3)29-16-17-30-28-15-14-25-22-27(36(34,35)26-12-7-6-8-13-26)18-20-32(25,4)31(28)19-21-33(29,30)5/h6-8,12-13,18,23-25,28-31H,9-11,14-17,19-22H2,1-5H3/t24-,25+,28+,29-,30+,31+,32+,33-/m1/s1. The minimum atomic E-state index is -3.36. The predicted octanol–water partition coefficient (Wildman–Crippen LogP) is 9.08. The van der Waals surface area contributed by atoms with Crippen LogP contribution in [-0.4, -0.2) is 8.42 Å². The first kappa shape index (κ1) is 26.5. The van der Waals surface area contributed by atoms with E-state index >= 15 is 0 Å². The Hall–Kier alpha value is -1.09. The van der Waals surface area contributed by atoms with Crippen molar-refractivity contribution in [2.45, 2.75) is 110 Å². The Labute approximate surface area is 221 Å². The zero-order valence-corrected chi connectivity index (χ0v) is 24.3. The maximum absolute atomic E-state index is 13.4.